The molecule has 1 aliphatic rings. The number of aliphatic hydroxyl groups excluding tert-OH is 1. The van der Waals surface area contributed by atoms with Crippen LogP contribution in [0.3, 0.4) is 0 Å². The van der Waals surface area contributed by atoms with E-state index in [2.05, 4.69) is 0 Å². The fourth-order valence-corrected chi connectivity index (χ4v) is 2.83. The van der Waals surface area contributed by atoms with Crippen molar-refractivity contribution in [3.63, 3.8) is 0 Å². The molecule has 1 fully saturated rings. The van der Waals surface area contributed by atoms with E-state index in [1.807, 2.05) is 6.92 Å². The smallest absolute Gasteiger partial charge is 0.260 e. The normalized spacial score (nSPS) is 19.1. The lowest BCUT2D eigenvalue weighted by Crippen LogP contribution is -2.42. The minimum Gasteiger partial charge on any atom is -0.493 e. The zero-order chi connectivity index (χ0) is 15.2. The molecule has 1 saturated heterocycles. The standard InChI is InChI=1S/C16H24N2O3/c1-2-21-14-9-6-8-13(17)15(14)16(20)18-10-5-3-4-7-12(18)11-19/h6,8-9,12,19H,2-5,7,10-11,17H2,1H3. The van der Waals surface area contributed by atoms with Gasteiger partial charge in [-0.3, -0.25) is 4.79 Å². The van der Waals surface area contributed by atoms with Gasteiger partial charge in [-0.1, -0.05) is 18.9 Å². The van der Waals surface area contributed by atoms with E-state index in [0.717, 1.165) is 25.7 Å². The summed E-state index contributed by atoms with van der Waals surface area (Å²) in [5.74, 6) is 0.376. The molecular weight excluding hydrogens is 268 g/mol. The van der Waals surface area contributed by atoms with Gasteiger partial charge < -0.3 is 20.5 Å². The fourth-order valence-electron chi connectivity index (χ4n) is 2.83. The Morgan fingerprint density at radius 3 is 2.95 bits per heavy atom. The van der Waals surface area contributed by atoms with Crippen molar-refractivity contribution in [1.82, 2.24) is 4.90 Å². The summed E-state index contributed by atoms with van der Waals surface area (Å²) < 4.78 is 5.54. The van der Waals surface area contributed by atoms with Crippen LogP contribution in [0.1, 0.15) is 43.0 Å². The first kappa shape index (κ1) is 15.6. The number of ether oxygens (including phenoxy) is 1. The van der Waals surface area contributed by atoms with Gasteiger partial charge in [0.15, 0.2) is 0 Å². The van der Waals surface area contributed by atoms with Crippen molar-refractivity contribution in [2.24, 2.45) is 0 Å². The van der Waals surface area contributed by atoms with Crippen LogP contribution in [-0.2, 0) is 0 Å². The monoisotopic (exact) mass is 292 g/mol. The number of likely N-dealkylation sites (tertiary alicyclic amines) is 1. The number of carbonyl (C=O) groups is 1. The summed E-state index contributed by atoms with van der Waals surface area (Å²) in [6.45, 7) is 3.00. The summed E-state index contributed by atoms with van der Waals surface area (Å²) in [5, 5.41) is 9.57. The quantitative estimate of drug-likeness (QED) is 0.833. The van der Waals surface area contributed by atoms with Gasteiger partial charge in [-0.15, -0.1) is 0 Å². The van der Waals surface area contributed by atoms with E-state index < -0.39 is 0 Å². The van der Waals surface area contributed by atoms with Crippen molar-refractivity contribution in [3.8, 4) is 5.75 Å². The second-order valence-electron chi connectivity index (χ2n) is 5.34. The van der Waals surface area contributed by atoms with Crippen LogP contribution >= 0.6 is 0 Å². The van der Waals surface area contributed by atoms with Crippen molar-refractivity contribution in [2.75, 3.05) is 25.5 Å². The molecule has 5 heteroatoms. The van der Waals surface area contributed by atoms with Crippen LogP contribution in [0.4, 0.5) is 5.69 Å². The van der Waals surface area contributed by atoms with Crippen molar-refractivity contribution in [2.45, 2.75) is 38.6 Å². The minimum absolute atomic E-state index is 0.0115. The average molecular weight is 292 g/mol. The SMILES string of the molecule is CCOc1cccc(N)c1C(=O)N1CCCCCC1CO. The Labute approximate surface area is 125 Å². The van der Waals surface area contributed by atoms with E-state index >= 15 is 0 Å². The van der Waals surface area contributed by atoms with Crippen LogP contribution in [0.2, 0.25) is 0 Å². The van der Waals surface area contributed by atoms with Gasteiger partial charge in [-0.25, -0.2) is 0 Å². The van der Waals surface area contributed by atoms with Crippen molar-refractivity contribution < 1.29 is 14.6 Å². The lowest BCUT2D eigenvalue weighted by atomic mass is 10.1. The molecular formula is C16H24N2O3. The molecule has 0 spiro atoms. The molecule has 1 aliphatic heterocycles. The molecule has 1 atom stereocenters. The maximum atomic E-state index is 12.9. The summed E-state index contributed by atoms with van der Waals surface area (Å²) in [7, 11) is 0. The molecule has 21 heavy (non-hydrogen) atoms. The van der Waals surface area contributed by atoms with E-state index in [-0.39, 0.29) is 18.6 Å². The number of anilines is 1. The Morgan fingerprint density at radius 2 is 2.24 bits per heavy atom. The van der Waals surface area contributed by atoms with E-state index in [1.165, 1.54) is 0 Å². The Morgan fingerprint density at radius 1 is 1.43 bits per heavy atom. The first-order chi connectivity index (χ1) is 10.2. The van der Waals surface area contributed by atoms with Gasteiger partial charge >= 0.3 is 0 Å². The fraction of sp³-hybridized carbons (Fsp3) is 0.562. The lowest BCUT2D eigenvalue weighted by Gasteiger charge is -2.29. The molecule has 3 N–H and O–H groups in total. The van der Waals surface area contributed by atoms with Crippen molar-refractivity contribution in [1.29, 1.82) is 0 Å². The maximum absolute atomic E-state index is 12.9. The number of amides is 1. The highest BCUT2D eigenvalue weighted by molar-refractivity contribution is 6.02. The third kappa shape index (κ3) is 3.47. The molecule has 2 rings (SSSR count). The van der Waals surface area contributed by atoms with Crippen LogP contribution < -0.4 is 10.5 Å². The number of nitrogen functional groups attached to an aromatic ring is 1. The van der Waals surface area contributed by atoms with Crippen molar-refractivity contribution >= 4 is 11.6 Å². The number of benzene rings is 1. The van der Waals surface area contributed by atoms with Gasteiger partial charge in [-0.05, 0) is 31.9 Å². The van der Waals surface area contributed by atoms with Gasteiger partial charge in [0, 0.05) is 12.2 Å². The van der Waals surface area contributed by atoms with Gasteiger partial charge in [0.2, 0.25) is 0 Å². The van der Waals surface area contributed by atoms with Gasteiger partial charge in [0.1, 0.15) is 11.3 Å². The summed E-state index contributed by atoms with van der Waals surface area (Å²) >= 11 is 0. The Kier molecular flexibility index (Phi) is 5.44. The first-order valence-corrected chi connectivity index (χ1v) is 7.62. The summed E-state index contributed by atoms with van der Waals surface area (Å²) in [4.78, 5) is 14.6. The number of rotatable bonds is 4. The first-order valence-electron chi connectivity index (χ1n) is 7.62. The molecule has 0 aliphatic carbocycles. The molecule has 0 aromatic heterocycles. The molecule has 1 aromatic carbocycles. The molecule has 1 aromatic rings. The molecule has 0 saturated carbocycles. The summed E-state index contributed by atoms with van der Waals surface area (Å²) in [6, 6.07) is 5.12. The minimum atomic E-state index is -0.141. The Bertz CT molecular complexity index is 490. The highest BCUT2D eigenvalue weighted by Crippen LogP contribution is 2.28. The molecule has 0 radical (unpaired) electrons. The second-order valence-corrected chi connectivity index (χ2v) is 5.34. The summed E-state index contributed by atoms with van der Waals surface area (Å²) in [6.07, 6.45) is 3.92. The highest BCUT2D eigenvalue weighted by atomic mass is 16.5. The Balaban J connectivity index is 2.33. The third-order valence-corrected chi connectivity index (χ3v) is 3.92. The van der Waals surface area contributed by atoms with Gasteiger partial charge in [0.25, 0.3) is 5.91 Å². The summed E-state index contributed by atoms with van der Waals surface area (Å²) in [5.41, 5.74) is 6.83. The van der Waals surface area contributed by atoms with Crippen LogP contribution in [0.5, 0.6) is 5.75 Å². The predicted molar refractivity (Wildman–Crippen MR) is 82.4 cm³/mol. The molecule has 1 amide bonds. The van der Waals surface area contributed by atoms with Crippen LogP contribution in [0, 0.1) is 0 Å². The predicted octanol–water partition coefficient (Wildman–Crippen LogP) is 2.04. The second kappa shape index (κ2) is 7.31. The zero-order valence-corrected chi connectivity index (χ0v) is 12.5. The average Bonchev–Trinajstić information content (AvgIpc) is 2.72. The van der Waals surface area contributed by atoms with Gasteiger partial charge in [0.05, 0.1) is 19.3 Å². The molecule has 5 nitrogen and oxygen atoms in total. The Hall–Kier alpha value is -1.75. The van der Waals surface area contributed by atoms with Crippen LogP contribution in [-0.4, -0.2) is 41.7 Å². The topological polar surface area (TPSA) is 75.8 Å². The molecule has 1 heterocycles. The van der Waals surface area contributed by atoms with E-state index in [1.54, 1.807) is 23.1 Å². The molecule has 0 bridgehead atoms. The zero-order valence-electron chi connectivity index (χ0n) is 12.5. The largest absolute Gasteiger partial charge is 0.493 e. The number of hydrogen-bond donors (Lipinski definition) is 2. The number of aliphatic hydroxyl groups is 1. The van der Waals surface area contributed by atoms with E-state index in [4.69, 9.17) is 10.5 Å². The van der Waals surface area contributed by atoms with Crippen molar-refractivity contribution in [3.05, 3.63) is 23.8 Å². The lowest BCUT2D eigenvalue weighted by molar-refractivity contribution is 0.0597. The molecule has 1 unspecified atom stereocenters. The van der Waals surface area contributed by atoms with E-state index in [0.29, 0.717) is 30.2 Å². The number of nitrogens with zero attached hydrogens (tertiary/aromatic N) is 1. The van der Waals surface area contributed by atoms with E-state index in [9.17, 15) is 9.90 Å². The maximum Gasteiger partial charge on any atom is 0.260 e. The number of carbonyl (C=O) groups excluding carboxylic acids is 1. The van der Waals surface area contributed by atoms with Crippen LogP contribution in [0.15, 0.2) is 18.2 Å². The van der Waals surface area contributed by atoms with Crippen LogP contribution in [0.25, 0.3) is 0 Å². The highest BCUT2D eigenvalue weighted by Gasteiger charge is 2.28. The third-order valence-electron chi connectivity index (χ3n) is 3.92. The number of hydrogen-bond acceptors (Lipinski definition) is 4. The number of nitrogens with two attached hydrogens (primary N) is 1. The van der Waals surface area contributed by atoms with Gasteiger partial charge in [-0.2, -0.15) is 0 Å². The molecule has 116 valence electrons.